The van der Waals surface area contributed by atoms with Crippen molar-refractivity contribution < 1.29 is 9.62 Å². The van der Waals surface area contributed by atoms with Gasteiger partial charge in [0, 0.05) is 28.6 Å². The van der Waals surface area contributed by atoms with Crippen molar-refractivity contribution in [1.29, 1.82) is 0 Å². The van der Waals surface area contributed by atoms with Crippen LogP contribution >= 0.6 is 0 Å². The molecule has 0 saturated carbocycles. The summed E-state index contributed by atoms with van der Waals surface area (Å²) in [4.78, 5) is 4.47. The Kier molecular flexibility index (Phi) is 3.97. The van der Waals surface area contributed by atoms with Crippen LogP contribution in [0.25, 0.3) is 33.2 Å². The summed E-state index contributed by atoms with van der Waals surface area (Å²) in [6.07, 6.45) is 3.33. The zero-order valence-electron chi connectivity index (χ0n) is 13.8. The fraction of sp³-hybridized carbons (Fsp3) is 0. The summed E-state index contributed by atoms with van der Waals surface area (Å²) in [5, 5.41) is 16.0. The van der Waals surface area contributed by atoms with Crippen LogP contribution in [0.3, 0.4) is 0 Å². The third kappa shape index (κ3) is 2.83. The highest BCUT2D eigenvalue weighted by molar-refractivity contribution is 5.85. The zero-order chi connectivity index (χ0) is 17.9. The minimum absolute atomic E-state index is 0.416. The summed E-state index contributed by atoms with van der Waals surface area (Å²) in [5.41, 5.74) is 2.02. The van der Waals surface area contributed by atoms with Crippen LogP contribution in [0.5, 0.6) is 0 Å². The Balaban J connectivity index is 1.94. The second-order valence-corrected chi connectivity index (χ2v) is 5.70. The largest absolute Gasteiger partial charge is 0.454 e. The number of rotatable bonds is 1. The summed E-state index contributed by atoms with van der Waals surface area (Å²) in [6, 6.07) is 17.1. The van der Waals surface area contributed by atoms with Crippen LogP contribution in [0.2, 0.25) is 0 Å². The van der Waals surface area contributed by atoms with Crippen molar-refractivity contribution in [3.8, 4) is 23.3 Å². The average molecular weight is 338 g/mol. The van der Waals surface area contributed by atoms with E-state index in [-0.39, 0.29) is 0 Å². The number of fused-ring (bicyclic) bond motifs is 2. The monoisotopic (exact) mass is 338 g/mol. The Bertz CT molecular complexity index is 1270. The quantitative estimate of drug-likeness (QED) is 0.316. The molecule has 4 aromatic rings. The first-order chi connectivity index (χ1) is 12.8. The number of pyridine rings is 1. The van der Waals surface area contributed by atoms with Gasteiger partial charge in [-0.1, -0.05) is 47.8 Å². The van der Waals surface area contributed by atoms with Crippen molar-refractivity contribution in [2.24, 2.45) is 5.16 Å². The molecule has 0 aliphatic rings. The van der Waals surface area contributed by atoms with E-state index in [1.165, 1.54) is 6.08 Å². The first-order valence-corrected chi connectivity index (χ1v) is 8.02. The number of benzene rings is 2. The van der Waals surface area contributed by atoms with Crippen molar-refractivity contribution in [1.82, 2.24) is 4.98 Å². The van der Waals surface area contributed by atoms with Gasteiger partial charge in [0.2, 0.25) is 0 Å². The van der Waals surface area contributed by atoms with Gasteiger partial charge in [0.15, 0.2) is 5.76 Å². The summed E-state index contributed by atoms with van der Waals surface area (Å²) in [5.74, 6) is 6.30. The lowest BCUT2D eigenvalue weighted by molar-refractivity contribution is 0.302. The fourth-order valence-electron chi connectivity index (χ4n) is 2.81. The summed E-state index contributed by atoms with van der Waals surface area (Å²) in [7, 11) is 0. The van der Waals surface area contributed by atoms with E-state index in [4.69, 9.17) is 4.42 Å². The van der Waals surface area contributed by atoms with Crippen molar-refractivity contribution >= 4 is 21.7 Å². The van der Waals surface area contributed by atoms with Gasteiger partial charge in [-0.2, -0.15) is 0 Å². The van der Waals surface area contributed by atoms with Gasteiger partial charge < -0.3 is 9.62 Å². The lowest BCUT2D eigenvalue weighted by atomic mass is 10.1. The number of aromatic nitrogens is 1. The third-order valence-corrected chi connectivity index (χ3v) is 4.06. The minimum Gasteiger partial charge on any atom is -0.454 e. The van der Waals surface area contributed by atoms with E-state index in [2.05, 4.69) is 28.6 Å². The van der Waals surface area contributed by atoms with Crippen molar-refractivity contribution in [2.45, 2.75) is 0 Å². The van der Waals surface area contributed by atoms with Crippen LogP contribution in [0, 0.1) is 11.8 Å². The molecule has 1 N–H and O–H groups in total. The first-order valence-electron chi connectivity index (χ1n) is 8.02. The maximum absolute atomic E-state index is 9.41. The van der Waals surface area contributed by atoms with Gasteiger partial charge >= 0.3 is 0 Å². The smallest absolute Gasteiger partial charge is 0.155 e. The normalized spacial score (nSPS) is 11.3. The predicted octanol–water partition coefficient (Wildman–Crippen LogP) is 4.48. The second-order valence-electron chi connectivity index (χ2n) is 5.70. The van der Waals surface area contributed by atoms with Crippen molar-refractivity contribution in [3.63, 3.8) is 0 Å². The Morgan fingerprint density at radius 2 is 1.92 bits per heavy atom. The highest BCUT2D eigenvalue weighted by Gasteiger charge is 2.09. The van der Waals surface area contributed by atoms with Gasteiger partial charge in [-0.15, -0.1) is 0 Å². The van der Waals surface area contributed by atoms with Crippen LogP contribution in [0.1, 0.15) is 5.56 Å². The maximum Gasteiger partial charge on any atom is 0.155 e. The Morgan fingerprint density at radius 3 is 2.73 bits per heavy atom. The van der Waals surface area contributed by atoms with Crippen molar-refractivity contribution in [3.05, 3.63) is 84.4 Å². The molecule has 124 valence electrons. The molecule has 4 rings (SSSR count). The van der Waals surface area contributed by atoms with Gasteiger partial charge in [-0.3, -0.25) is 4.98 Å². The van der Waals surface area contributed by atoms with E-state index in [0.29, 0.717) is 27.8 Å². The van der Waals surface area contributed by atoms with Gasteiger partial charge in [-0.25, -0.2) is 0 Å². The van der Waals surface area contributed by atoms with E-state index < -0.39 is 0 Å². The first kappa shape index (κ1) is 15.7. The van der Waals surface area contributed by atoms with E-state index in [9.17, 15) is 5.21 Å². The second kappa shape index (κ2) is 6.58. The maximum atomic E-state index is 9.41. The molecule has 2 aromatic carbocycles. The Morgan fingerprint density at radius 1 is 1.08 bits per heavy atom. The molecule has 0 fully saturated rings. The molecular weight excluding hydrogens is 324 g/mol. The van der Waals surface area contributed by atoms with Gasteiger partial charge in [0.1, 0.15) is 16.6 Å². The molecule has 0 aliphatic carbocycles. The van der Waals surface area contributed by atoms with Crippen LogP contribution in [-0.4, -0.2) is 10.2 Å². The minimum atomic E-state index is 0.416. The molecule has 2 heterocycles. The third-order valence-electron chi connectivity index (χ3n) is 4.06. The van der Waals surface area contributed by atoms with Crippen LogP contribution in [-0.2, 0) is 0 Å². The molecule has 0 unspecified atom stereocenters. The highest BCUT2D eigenvalue weighted by atomic mass is 16.4. The molecule has 2 aromatic heterocycles. The zero-order valence-corrected chi connectivity index (χ0v) is 13.8. The fourth-order valence-corrected chi connectivity index (χ4v) is 2.81. The highest BCUT2D eigenvalue weighted by Crippen LogP contribution is 2.24. The molecule has 4 nitrogen and oxygen atoms in total. The standard InChI is InChI=1S/C22H14N2O2/c1-2-3-6-15-9-10-18-19(24-25)13-22(26-21(18)11-15)20-12-16-7-4-5-8-17(16)14-23-20/h2,4-5,7-14,25H,1H2. The number of nitrogens with zero attached hydrogens (tertiary/aromatic N) is 2. The van der Waals surface area contributed by atoms with E-state index in [0.717, 1.165) is 16.3 Å². The molecule has 0 aliphatic heterocycles. The van der Waals surface area contributed by atoms with Crippen molar-refractivity contribution in [2.75, 3.05) is 0 Å². The average Bonchev–Trinajstić information content (AvgIpc) is 2.70. The molecule has 0 saturated heterocycles. The predicted molar refractivity (Wildman–Crippen MR) is 101 cm³/mol. The molecule has 0 spiro atoms. The van der Waals surface area contributed by atoms with Gasteiger partial charge in [-0.05, 0) is 35.7 Å². The molecule has 4 heteroatoms. The lowest BCUT2D eigenvalue weighted by Crippen LogP contribution is -2.04. The van der Waals surface area contributed by atoms with E-state index >= 15 is 0 Å². The molecule has 0 atom stereocenters. The molecular formula is C22H14N2O2. The summed E-state index contributed by atoms with van der Waals surface area (Å²) < 4.78 is 6.03. The number of hydrogen-bond donors (Lipinski definition) is 1. The van der Waals surface area contributed by atoms with Crippen LogP contribution < -0.4 is 5.36 Å². The van der Waals surface area contributed by atoms with Crippen LogP contribution in [0.15, 0.2) is 83.0 Å². The van der Waals surface area contributed by atoms with E-state index in [1.54, 1.807) is 12.3 Å². The summed E-state index contributed by atoms with van der Waals surface area (Å²) >= 11 is 0. The number of allylic oxidation sites excluding steroid dienone is 1. The van der Waals surface area contributed by atoms with Gasteiger partial charge in [0.05, 0.1) is 0 Å². The lowest BCUT2D eigenvalue weighted by Gasteiger charge is -2.05. The molecule has 26 heavy (non-hydrogen) atoms. The van der Waals surface area contributed by atoms with E-state index in [1.807, 2.05) is 48.5 Å². The van der Waals surface area contributed by atoms with Gasteiger partial charge in [0.25, 0.3) is 0 Å². The SMILES string of the molecule is C=CC#Cc1ccc2c(=NO)cc(-c3cc4ccccc4cn3)oc2c1. The number of hydrogen-bond acceptors (Lipinski definition) is 4. The van der Waals surface area contributed by atoms with Crippen LogP contribution in [0.4, 0.5) is 0 Å². The summed E-state index contributed by atoms with van der Waals surface area (Å²) in [6.45, 7) is 3.59. The molecule has 0 bridgehead atoms. The molecule has 0 amide bonds. The molecule has 0 radical (unpaired) electrons. The Labute approximate surface area is 149 Å². The topological polar surface area (TPSA) is 58.6 Å². The Hall–Kier alpha value is -3.84.